The van der Waals surface area contributed by atoms with Crippen LogP contribution in [-0.4, -0.2) is 14.7 Å². The maximum Gasteiger partial charge on any atom is 0.174 e. The summed E-state index contributed by atoms with van der Waals surface area (Å²) in [5.74, 6) is 0. The van der Waals surface area contributed by atoms with Gasteiger partial charge in [-0.25, -0.2) is 0 Å². The summed E-state index contributed by atoms with van der Waals surface area (Å²) in [5.41, 5.74) is 3.27. The van der Waals surface area contributed by atoms with Crippen LogP contribution in [0.1, 0.15) is 55.1 Å². The fraction of sp³-hybridized carbons (Fsp3) is 0.304. The smallest absolute Gasteiger partial charge is 0.174 e. The predicted molar refractivity (Wildman–Crippen MR) is 121 cm³/mol. The van der Waals surface area contributed by atoms with E-state index in [2.05, 4.69) is 44.3 Å². The van der Waals surface area contributed by atoms with Crippen LogP contribution in [-0.2, 0) is 0 Å². The number of anilines is 1. The number of halogens is 1. The summed E-state index contributed by atoms with van der Waals surface area (Å²) in [5, 5.41) is 4.94. The van der Waals surface area contributed by atoms with Gasteiger partial charge in [-0.15, -0.1) is 0 Å². The van der Waals surface area contributed by atoms with Crippen molar-refractivity contribution in [2.75, 3.05) is 4.90 Å². The van der Waals surface area contributed by atoms with Crippen molar-refractivity contribution in [3.05, 3.63) is 83.4 Å². The molecule has 29 heavy (non-hydrogen) atoms. The predicted octanol–water partition coefficient (Wildman–Crippen LogP) is 5.83. The van der Waals surface area contributed by atoms with Crippen molar-refractivity contribution in [1.82, 2.24) is 14.9 Å². The second-order valence-electron chi connectivity index (χ2n) is 7.80. The van der Waals surface area contributed by atoms with Gasteiger partial charge >= 0.3 is 0 Å². The van der Waals surface area contributed by atoms with E-state index in [0.717, 1.165) is 16.4 Å². The number of thiocarbonyl (C=S) groups is 1. The van der Waals surface area contributed by atoms with Crippen molar-refractivity contribution < 1.29 is 0 Å². The zero-order valence-corrected chi connectivity index (χ0v) is 17.6. The number of hydrogen-bond donors (Lipinski definition) is 1. The minimum atomic E-state index is -0.0150. The van der Waals surface area contributed by atoms with E-state index in [0.29, 0.717) is 11.2 Å². The lowest BCUT2D eigenvalue weighted by Gasteiger charge is -2.27. The van der Waals surface area contributed by atoms with Gasteiger partial charge in [0.2, 0.25) is 0 Å². The van der Waals surface area contributed by atoms with Gasteiger partial charge in [0.15, 0.2) is 5.11 Å². The monoisotopic (exact) mass is 422 g/mol. The third-order valence-corrected chi connectivity index (χ3v) is 6.59. The first kappa shape index (κ1) is 18.6. The first-order chi connectivity index (χ1) is 14.2. The van der Waals surface area contributed by atoms with Crippen LogP contribution >= 0.6 is 23.8 Å². The van der Waals surface area contributed by atoms with Crippen LogP contribution in [0.25, 0.3) is 0 Å². The van der Waals surface area contributed by atoms with E-state index in [4.69, 9.17) is 23.8 Å². The third kappa shape index (κ3) is 3.53. The molecule has 1 saturated heterocycles. The van der Waals surface area contributed by atoms with Gasteiger partial charge in [-0.2, -0.15) is 0 Å². The Hall–Kier alpha value is -2.37. The molecule has 4 nitrogen and oxygen atoms in total. The van der Waals surface area contributed by atoms with Gasteiger partial charge in [-0.3, -0.25) is 4.98 Å². The minimum Gasteiger partial charge on any atom is -0.351 e. The fourth-order valence-corrected chi connectivity index (χ4v) is 5.08. The van der Waals surface area contributed by atoms with Crippen LogP contribution in [0.5, 0.6) is 0 Å². The molecular formula is C23H23ClN4S. The highest BCUT2D eigenvalue weighted by atomic mass is 35.5. The molecule has 2 fully saturated rings. The van der Waals surface area contributed by atoms with Crippen molar-refractivity contribution in [2.45, 2.75) is 43.8 Å². The Kier molecular flexibility index (Phi) is 5.02. The highest BCUT2D eigenvalue weighted by Gasteiger charge is 2.41. The van der Waals surface area contributed by atoms with E-state index in [1.165, 1.54) is 31.2 Å². The SMILES string of the molecule is S=C1NC(c2ccccn2)C(c2ccn(C3CCCC3)c2)N1c1ccc(Cl)cc1. The first-order valence-electron chi connectivity index (χ1n) is 10.1. The summed E-state index contributed by atoms with van der Waals surface area (Å²) in [7, 11) is 0. The number of benzene rings is 1. The largest absolute Gasteiger partial charge is 0.351 e. The molecule has 1 aliphatic heterocycles. The maximum absolute atomic E-state index is 6.13. The molecule has 1 aromatic carbocycles. The van der Waals surface area contributed by atoms with Crippen molar-refractivity contribution >= 4 is 34.6 Å². The lowest BCUT2D eigenvalue weighted by atomic mass is 9.98. The molecule has 2 atom stereocenters. The molecule has 2 aliphatic rings. The van der Waals surface area contributed by atoms with Crippen LogP contribution in [0.15, 0.2) is 67.1 Å². The number of nitrogens with zero attached hydrogens (tertiary/aromatic N) is 3. The summed E-state index contributed by atoms with van der Waals surface area (Å²) in [6.45, 7) is 0. The molecule has 0 spiro atoms. The number of pyridine rings is 1. The summed E-state index contributed by atoms with van der Waals surface area (Å²) < 4.78 is 2.39. The summed E-state index contributed by atoms with van der Waals surface area (Å²) >= 11 is 11.9. The molecule has 1 N–H and O–H groups in total. The molecule has 0 radical (unpaired) electrons. The first-order valence-corrected chi connectivity index (χ1v) is 10.9. The van der Waals surface area contributed by atoms with E-state index < -0.39 is 0 Å². The standard InChI is InChI=1S/C23H23ClN4S/c24-17-8-10-19(11-9-17)28-22(16-12-14-27(15-16)18-5-1-2-6-18)21(26-23(28)29)20-7-3-4-13-25-20/h3-4,7-15,18,21-22H,1-2,5-6H2,(H,26,29). The lowest BCUT2D eigenvalue weighted by Crippen LogP contribution is -2.29. The second kappa shape index (κ2) is 7.81. The summed E-state index contributed by atoms with van der Waals surface area (Å²) in [4.78, 5) is 6.81. The van der Waals surface area contributed by atoms with Crippen LogP contribution in [0.3, 0.4) is 0 Å². The van der Waals surface area contributed by atoms with Crippen LogP contribution in [0.4, 0.5) is 5.69 Å². The average Bonchev–Trinajstić information content (AvgIpc) is 3.49. The van der Waals surface area contributed by atoms with Crippen LogP contribution < -0.4 is 10.2 Å². The Morgan fingerprint density at radius 2 is 1.83 bits per heavy atom. The molecule has 2 aromatic heterocycles. The molecule has 6 heteroatoms. The Bertz CT molecular complexity index is 995. The van der Waals surface area contributed by atoms with E-state index in [9.17, 15) is 0 Å². The molecule has 3 heterocycles. The van der Waals surface area contributed by atoms with Crippen LogP contribution in [0.2, 0.25) is 5.02 Å². The zero-order valence-electron chi connectivity index (χ0n) is 16.0. The zero-order chi connectivity index (χ0) is 19.8. The van der Waals surface area contributed by atoms with Gasteiger partial charge in [-0.1, -0.05) is 30.5 Å². The van der Waals surface area contributed by atoms with Gasteiger partial charge in [0.1, 0.15) is 0 Å². The van der Waals surface area contributed by atoms with Gasteiger partial charge in [0.25, 0.3) is 0 Å². The Morgan fingerprint density at radius 1 is 1.03 bits per heavy atom. The second-order valence-corrected chi connectivity index (χ2v) is 8.63. The number of hydrogen-bond acceptors (Lipinski definition) is 2. The number of nitrogens with one attached hydrogen (secondary N) is 1. The van der Waals surface area contributed by atoms with Crippen molar-refractivity contribution in [2.24, 2.45) is 0 Å². The van der Waals surface area contributed by atoms with Crippen LogP contribution in [0, 0.1) is 0 Å². The summed E-state index contributed by atoms with van der Waals surface area (Å²) in [6, 6.07) is 16.8. The maximum atomic E-state index is 6.13. The Morgan fingerprint density at radius 3 is 2.55 bits per heavy atom. The normalized spacial score (nSPS) is 22.2. The van der Waals surface area contributed by atoms with Gasteiger partial charge in [0, 0.05) is 35.3 Å². The highest BCUT2D eigenvalue weighted by Crippen LogP contribution is 2.42. The fourth-order valence-electron chi connectivity index (χ4n) is 4.61. The van der Waals surface area contributed by atoms with E-state index >= 15 is 0 Å². The Balaban J connectivity index is 1.56. The number of aromatic nitrogens is 2. The molecule has 5 rings (SSSR count). The van der Waals surface area contributed by atoms with Crippen molar-refractivity contribution in [3.8, 4) is 0 Å². The molecule has 1 aliphatic carbocycles. The molecule has 2 unspecified atom stereocenters. The molecule has 0 bridgehead atoms. The van der Waals surface area contributed by atoms with Crippen molar-refractivity contribution in [3.63, 3.8) is 0 Å². The highest BCUT2D eigenvalue weighted by molar-refractivity contribution is 7.80. The van der Waals surface area contributed by atoms with E-state index in [-0.39, 0.29) is 12.1 Å². The molecule has 1 saturated carbocycles. The minimum absolute atomic E-state index is 0.0150. The van der Waals surface area contributed by atoms with Gasteiger partial charge < -0.3 is 14.8 Å². The molecular weight excluding hydrogens is 400 g/mol. The van der Waals surface area contributed by atoms with E-state index in [1.807, 2.05) is 42.6 Å². The quantitative estimate of drug-likeness (QED) is 0.536. The molecule has 0 amide bonds. The Labute approximate surface area is 181 Å². The molecule has 3 aromatic rings. The number of rotatable bonds is 4. The van der Waals surface area contributed by atoms with Gasteiger partial charge in [-0.05, 0) is 73.1 Å². The van der Waals surface area contributed by atoms with Gasteiger partial charge in [0.05, 0.1) is 17.8 Å². The van der Waals surface area contributed by atoms with E-state index in [1.54, 1.807) is 0 Å². The summed E-state index contributed by atoms with van der Waals surface area (Å²) in [6.07, 6.45) is 11.5. The van der Waals surface area contributed by atoms with Crippen molar-refractivity contribution in [1.29, 1.82) is 0 Å². The third-order valence-electron chi connectivity index (χ3n) is 6.03. The lowest BCUT2D eigenvalue weighted by molar-refractivity contribution is 0.515. The average molecular weight is 423 g/mol. The topological polar surface area (TPSA) is 33.1 Å². The molecule has 148 valence electrons.